The first kappa shape index (κ1) is 13.6. The minimum atomic E-state index is 0.512. The predicted molar refractivity (Wildman–Crippen MR) is 72.4 cm³/mol. The van der Waals surface area contributed by atoms with Crippen LogP contribution in [0.25, 0.3) is 0 Å². The van der Waals surface area contributed by atoms with E-state index in [1.165, 1.54) is 38.6 Å². The van der Waals surface area contributed by atoms with Crippen LogP contribution in [0, 0.1) is 6.92 Å². The molecule has 0 aromatic carbocycles. The monoisotopic (exact) mass is 251 g/mol. The van der Waals surface area contributed by atoms with Crippen LogP contribution in [0.4, 0.5) is 0 Å². The molecule has 0 saturated carbocycles. The van der Waals surface area contributed by atoms with Crippen LogP contribution in [0.15, 0.2) is 10.6 Å². The van der Waals surface area contributed by atoms with Crippen molar-refractivity contribution in [2.75, 3.05) is 6.54 Å². The van der Waals surface area contributed by atoms with Crippen LogP contribution in [0.5, 0.6) is 0 Å². The third-order valence-corrected chi connectivity index (χ3v) is 3.61. The smallest absolute Gasteiger partial charge is 0.133 e. The van der Waals surface area contributed by atoms with E-state index in [4.69, 9.17) is 4.52 Å². The van der Waals surface area contributed by atoms with E-state index in [0.29, 0.717) is 12.1 Å². The normalized spacial score (nSPS) is 22.7. The molecule has 1 aliphatic rings. The Hall–Kier alpha value is -0.870. The average Bonchev–Trinajstić information content (AvgIpc) is 2.60. The van der Waals surface area contributed by atoms with Crippen molar-refractivity contribution in [2.45, 2.75) is 64.6 Å². The van der Waals surface area contributed by atoms with E-state index in [1.54, 1.807) is 0 Å². The molecule has 0 amide bonds. The van der Waals surface area contributed by atoms with Gasteiger partial charge in [-0.25, -0.2) is 0 Å². The van der Waals surface area contributed by atoms with Gasteiger partial charge >= 0.3 is 0 Å². The molecule has 4 nitrogen and oxygen atoms in total. The molecule has 2 rings (SSSR count). The van der Waals surface area contributed by atoms with Crippen molar-refractivity contribution in [1.82, 2.24) is 15.8 Å². The maximum Gasteiger partial charge on any atom is 0.133 e. The van der Waals surface area contributed by atoms with Gasteiger partial charge in [0.15, 0.2) is 0 Å². The van der Waals surface area contributed by atoms with Crippen molar-refractivity contribution < 1.29 is 4.52 Å². The van der Waals surface area contributed by atoms with E-state index >= 15 is 0 Å². The molecule has 102 valence electrons. The molecular formula is C14H25N3O. The Bertz CT molecular complexity index is 343. The number of aromatic nitrogens is 1. The van der Waals surface area contributed by atoms with Gasteiger partial charge in [0, 0.05) is 24.7 Å². The molecule has 2 heterocycles. The third kappa shape index (κ3) is 4.42. The van der Waals surface area contributed by atoms with Crippen LogP contribution in [0.3, 0.4) is 0 Å². The lowest BCUT2D eigenvalue weighted by Crippen LogP contribution is -2.36. The second-order valence-electron chi connectivity index (χ2n) is 5.45. The quantitative estimate of drug-likeness (QED) is 0.843. The molecule has 18 heavy (non-hydrogen) atoms. The van der Waals surface area contributed by atoms with Crippen LogP contribution in [-0.4, -0.2) is 23.8 Å². The van der Waals surface area contributed by atoms with E-state index in [0.717, 1.165) is 18.0 Å². The van der Waals surface area contributed by atoms with E-state index in [1.807, 2.05) is 13.0 Å². The molecule has 0 radical (unpaired) electrons. The van der Waals surface area contributed by atoms with Gasteiger partial charge in [-0.15, -0.1) is 0 Å². The summed E-state index contributed by atoms with van der Waals surface area (Å²) in [6, 6.07) is 3.18. The Kier molecular flexibility index (Phi) is 5.20. The number of hydrogen-bond donors (Lipinski definition) is 2. The SMILES string of the molecule is Cc1cc(CNC(C)CC2CCCCCN2)no1. The van der Waals surface area contributed by atoms with Crippen molar-refractivity contribution in [3.8, 4) is 0 Å². The van der Waals surface area contributed by atoms with E-state index in [9.17, 15) is 0 Å². The second-order valence-corrected chi connectivity index (χ2v) is 5.45. The number of nitrogens with zero attached hydrogens (tertiary/aromatic N) is 1. The van der Waals surface area contributed by atoms with Crippen molar-refractivity contribution in [3.05, 3.63) is 17.5 Å². The Labute approximate surface area is 110 Å². The zero-order chi connectivity index (χ0) is 12.8. The first-order valence-electron chi connectivity index (χ1n) is 7.13. The Morgan fingerprint density at radius 1 is 1.50 bits per heavy atom. The molecule has 0 bridgehead atoms. The summed E-state index contributed by atoms with van der Waals surface area (Å²) in [6.07, 6.45) is 6.58. The van der Waals surface area contributed by atoms with Crippen molar-refractivity contribution in [3.63, 3.8) is 0 Å². The van der Waals surface area contributed by atoms with Gasteiger partial charge < -0.3 is 15.2 Å². The number of rotatable bonds is 5. The minimum absolute atomic E-state index is 0.512. The molecule has 0 aliphatic carbocycles. The summed E-state index contributed by atoms with van der Waals surface area (Å²) in [4.78, 5) is 0. The molecule has 1 aromatic heterocycles. The van der Waals surface area contributed by atoms with Crippen molar-refractivity contribution in [1.29, 1.82) is 0 Å². The standard InChI is InChI=1S/C14H25N3O/c1-11(8-13-6-4-3-5-7-15-13)16-10-14-9-12(2)18-17-14/h9,11,13,15-16H,3-8,10H2,1-2H3. The highest BCUT2D eigenvalue weighted by atomic mass is 16.5. The Balaban J connectivity index is 1.69. The first-order valence-corrected chi connectivity index (χ1v) is 7.13. The predicted octanol–water partition coefficient (Wildman–Crippen LogP) is 2.38. The summed E-state index contributed by atoms with van der Waals surface area (Å²) in [6.45, 7) is 6.15. The summed E-state index contributed by atoms with van der Waals surface area (Å²) in [5, 5.41) is 11.2. The van der Waals surface area contributed by atoms with Crippen molar-refractivity contribution >= 4 is 0 Å². The lowest BCUT2D eigenvalue weighted by atomic mass is 10.0. The molecule has 1 aromatic rings. The summed E-state index contributed by atoms with van der Waals surface area (Å²) >= 11 is 0. The third-order valence-electron chi connectivity index (χ3n) is 3.61. The van der Waals surface area contributed by atoms with Crippen LogP contribution >= 0.6 is 0 Å². The lowest BCUT2D eigenvalue weighted by Gasteiger charge is -2.21. The minimum Gasteiger partial charge on any atom is -0.361 e. The molecule has 0 spiro atoms. The molecule has 2 atom stereocenters. The average molecular weight is 251 g/mol. The largest absolute Gasteiger partial charge is 0.361 e. The van der Waals surface area contributed by atoms with Gasteiger partial charge in [-0.1, -0.05) is 18.0 Å². The van der Waals surface area contributed by atoms with Crippen LogP contribution in [-0.2, 0) is 6.54 Å². The van der Waals surface area contributed by atoms with Gasteiger partial charge in [-0.3, -0.25) is 0 Å². The van der Waals surface area contributed by atoms with Gasteiger partial charge in [0.2, 0.25) is 0 Å². The molecule has 2 N–H and O–H groups in total. The van der Waals surface area contributed by atoms with E-state index < -0.39 is 0 Å². The van der Waals surface area contributed by atoms with Gasteiger partial charge in [0.05, 0.1) is 5.69 Å². The highest BCUT2D eigenvalue weighted by molar-refractivity contribution is 5.03. The summed E-state index contributed by atoms with van der Waals surface area (Å²) in [5.41, 5.74) is 0.994. The Morgan fingerprint density at radius 2 is 2.39 bits per heavy atom. The second kappa shape index (κ2) is 6.90. The molecule has 2 unspecified atom stereocenters. The van der Waals surface area contributed by atoms with Crippen LogP contribution in [0.2, 0.25) is 0 Å². The molecule has 1 fully saturated rings. The lowest BCUT2D eigenvalue weighted by molar-refractivity contribution is 0.376. The fraction of sp³-hybridized carbons (Fsp3) is 0.786. The maximum atomic E-state index is 5.06. The summed E-state index contributed by atoms with van der Waals surface area (Å²) < 4.78 is 5.06. The van der Waals surface area contributed by atoms with Crippen molar-refractivity contribution in [2.24, 2.45) is 0 Å². The topological polar surface area (TPSA) is 50.1 Å². The number of hydrogen-bond acceptors (Lipinski definition) is 4. The van der Waals surface area contributed by atoms with Gasteiger partial charge in [-0.2, -0.15) is 0 Å². The highest BCUT2D eigenvalue weighted by Gasteiger charge is 2.14. The fourth-order valence-electron chi connectivity index (χ4n) is 2.59. The number of aryl methyl sites for hydroxylation is 1. The summed E-state index contributed by atoms with van der Waals surface area (Å²) in [5.74, 6) is 0.880. The zero-order valence-corrected chi connectivity index (χ0v) is 11.5. The molecule has 1 aliphatic heterocycles. The van der Waals surface area contributed by atoms with E-state index in [-0.39, 0.29) is 0 Å². The van der Waals surface area contributed by atoms with Crippen LogP contribution in [0.1, 0.15) is 50.5 Å². The van der Waals surface area contributed by atoms with Gasteiger partial charge in [0.25, 0.3) is 0 Å². The molecular weight excluding hydrogens is 226 g/mol. The first-order chi connectivity index (χ1) is 8.74. The van der Waals surface area contributed by atoms with Gasteiger partial charge in [-0.05, 0) is 39.7 Å². The maximum absolute atomic E-state index is 5.06. The zero-order valence-electron chi connectivity index (χ0n) is 11.5. The number of nitrogens with one attached hydrogen (secondary N) is 2. The Morgan fingerprint density at radius 3 is 3.17 bits per heavy atom. The van der Waals surface area contributed by atoms with Gasteiger partial charge in [0.1, 0.15) is 5.76 Å². The molecule has 4 heteroatoms. The highest BCUT2D eigenvalue weighted by Crippen LogP contribution is 2.12. The van der Waals surface area contributed by atoms with E-state index in [2.05, 4.69) is 22.7 Å². The summed E-state index contributed by atoms with van der Waals surface area (Å²) in [7, 11) is 0. The fourth-order valence-corrected chi connectivity index (χ4v) is 2.59. The molecule has 1 saturated heterocycles. The van der Waals surface area contributed by atoms with Crippen LogP contribution < -0.4 is 10.6 Å².